The van der Waals surface area contributed by atoms with Crippen LogP contribution in [0.1, 0.15) is 38.4 Å². The lowest BCUT2D eigenvalue weighted by molar-refractivity contribution is 0.507. The van der Waals surface area contributed by atoms with E-state index >= 15 is 0 Å². The summed E-state index contributed by atoms with van der Waals surface area (Å²) < 4.78 is 5.31. The first-order chi connectivity index (χ1) is 9.86. The monoisotopic (exact) mass is 405 g/mol. The Bertz CT molecular complexity index is 377. The maximum absolute atomic E-state index is 5.31. The van der Waals surface area contributed by atoms with Gasteiger partial charge in [0.15, 0.2) is 5.96 Å². The first-order valence-corrected chi connectivity index (χ1v) is 7.52. The number of unbranched alkanes of at least 4 members (excludes halogenated alkanes) is 3. The molecule has 1 heterocycles. The standard InChI is InChI=1S/C16H27N3O.HI/c1-3-5-6-7-12-18-16(17-11-4-2)19-13-10-15-9-8-14-20-15;/h4,8-9,14H,2-3,5-7,10-13H2,1H3,(H2,17,18,19);1H. The molecule has 0 fully saturated rings. The largest absolute Gasteiger partial charge is 0.469 e. The van der Waals surface area contributed by atoms with Crippen molar-refractivity contribution in [3.05, 3.63) is 36.8 Å². The summed E-state index contributed by atoms with van der Waals surface area (Å²) in [6.07, 6.45) is 9.34. The fourth-order valence-corrected chi connectivity index (χ4v) is 1.83. The van der Waals surface area contributed by atoms with Crippen LogP contribution in [0.3, 0.4) is 0 Å². The third-order valence-electron chi connectivity index (χ3n) is 2.94. The lowest BCUT2D eigenvalue weighted by atomic mass is 10.2. The van der Waals surface area contributed by atoms with Gasteiger partial charge in [-0.15, -0.1) is 30.6 Å². The quantitative estimate of drug-likeness (QED) is 0.205. The summed E-state index contributed by atoms with van der Waals surface area (Å²) in [5, 5.41) is 6.55. The van der Waals surface area contributed by atoms with E-state index in [9.17, 15) is 0 Å². The Morgan fingerprint density at radius 1 is 1.33 bits per heavy atom. The van der Waals surface area contributed by atoms with E-state index in [-0.39, 0.29) is 24.0 Å². The van der Waals surface area contributed by atoms with Crippen molar-refractivity contribution < 1.29 is 4.42 Å². The molecule has 0 atom stereocenters. The summed E-state index contributed by atoms with van der Waals surface area (Å²) >= 11 is 0. The van der Waals surface area contributed by atoms with E-state index in [1.165, 1.54) is 19.3 Å². The number of nitrogens with zero attached hydrogens (tertiary/aromatic N) is 1. The minimum atomic E-state index is 0. The van der Waals surface area contributed by atoms with E-state index in [4.69, 9.17) is 4.42 Å². The highest BCUT2D eigenvalue weighted by Gasteiger charge is 1.99. The van der Waals surface area contributed by atoms with Crippen LogP contribution in [0.2, 0.25) is 0 Å². The lowest BCUT2D eigenvalue weighted by Crippen LogP contribution is -2.38. The zero-order valence-electron chi connectivity index (χ0n) is 12.9. The first kappa shape index (κ1) is 20.0. The normalized spacial score (nSPS) is 10.8. The van der Waals surface area contributed by atoms with Crippen LogP contribution in [0.15, 0.2) is 40.5 Å². The van der Waals surface area contributed by atoms with Gasteiger partial charge in [-0.1, -0.05) is 32.3 Å². The van der Waals surface area contributed by atoms with Gasteiger partial charge in [-0.25, -0.2) is 0 Å². The molecule has 0 bridgehead atoms. The predicted octanol–water partition coefficient (Wildman–Crippen LogP) is 3.74. The van der Waals surface area contributed by atoms with Crippen LogP contribution in [0.25, 0.3) is 0 Å². The molecule has 0 aromatic carbocycles. The molecule has 2 N–H and O–H groups in total. The number of hydrogen-bond donors (Lipinski definition) is 2. The molecule has 0 aliphatic carbocycles. The Kier molecular flexibility index (Phi) is 13.3. The summed E-state index contributed by atoms with van der Waals surface area (Å²) in [5.41, 5.74) is 0. The van der Waals surface area contributed by atoms with Gasteiger partial charge in [0.25, 0.3) is 0 Å². The molecule has 4 nitrogen and oxygen atoms in total. The van der Waals surface area contributed by atoms with Crippen LogP contribution < -0.4 is 10.6 Å². The Hall–Kier alpha value is -0.980. The molecule has 21 heavy (non-hydrogen) atoms. The number of halogens is 1. The molecule has 0 spiro atoms. The second-order valence-electron chi connectivity index (χ2n) is 4.72. The van der Waals surface area contributed by atoms with Gasteiger partial charge < -0.3 is 15.1 Å². The molecule has 0 unspecified atom stereocenters. The number of guanidine groups is 1. The minimum absolute atomic E-state index is 0. The van der Waals surface area contributed by atoms with Crippen molar-refractivity contribution in [3.8, 4) is 0 Å². The number of furan rings is 1. The zero-order valence-corrected chi connectivity index (χ0v) is 15.3. The number of nitrogens with one attached hydrogen (secondary N) is 2. The summed E-state index contributed by atoms with van der Waals surface area (Å²) in [6.45, 7) is 8.34. The summed E-state index contributed by atoms with van der Waals surface area (Å²) in [6, 6.07) is 3.90. The van der Waals surface area contributed by atoms with E-state index < -0.39 is 0 Å². The molecule has 120 valence electrons. The molecule has 0 radical (unpaired) electrons. The van der Waals surface area contributed by atoms with Crippen molar-refractivity contribution in [3.63, 3.8) is 0 Å². The van der Waals surface area contributed by atoms with E-state index in [1.807, 2.05) is 18.2 Å². The second-order valence-corrected chi connectivity index (χ2v) is 4.72. The van der Waals surface area contributed by atoms with E-state index in [0.717, 1.165) is 44.2 Å². The highest BCUT2D eigenvalue weighted by molar-refractivity contribution is 14.0. The fraction of sp³-hybridized carbons (Fsp3) is 0.562. The Morgan fingerprint density at radius 2 is 2.19 bits per heavy atom. The van der Waals surface area contributed by atoms with E-state index in [2.05, 4.69) is 29.1 Å². The molecular formula is C16H28IN3O. The van der Waals surface area contributed by atoms with Crippen molar-refractivity contribution in [2.45, 2.75) is 39.0 Å². The molecular weight excluding hydrogens is 377 g/mol. The van der Waals surface area contributed by atoms with Gasteiger partial charge in [-0.3, -0.25) is 4.99 Å². The highest BCUT2D eigenvalue weighted by atomic mass is 127. The molecule has 0 saturated carbocycles. The van der Waals surface area contributed by atoms with Gasteiger partial charge in [-0.2, -0.15) is 0 Å². The van der Waals surface area contributed by atoms with Crippen molar-refractivity contribution in [2.24, 2.45) is 4.99 Å². The zero-order chi connectivity index (χ0) is 14.5. The topological polar surface area (TPSA) is 49.6 Å². The van der Waals surface area contributed by atoms with Crippen LogP contribution in [0.5, 0.6) is 0 Å². The van der Waals surface area contributed by atoms with Crippen LogP contribution in [0, 0.1) is 0 Å². The summed E-state index contributed by atoms with van der Waals surface area (Å²) in [7, 11) is 0. The molecule has 5 heteroatoms. The van der Waals surface area contributed by atoms with Crippen LogP contribution in [-0.4, -0.2) is 25.6 Å². The third-order valence-corrected chi connectivity index (χ3v) is 2.94. The molecule has 1 aromatic rings. The molecule has 1 rings (SSSR count). The van der Waals surface area contributed by atoms with Gasteiger partial charge >= 0.3 is 0 Å². The molecule has 0 amide bonds. The molecule has 0 saturated heterocycles. The first-order valence-electron chi connectivity index (χ1n) is 7.52. The van der Waals surface area contributed by atoms with Gasteiger partial charge in [0, 0.05) is 26.1 Å². The van der Waals surface area contributed by atoms with Crippen LogP contribution in [-0.2, 0) is 6.42 Å². The van der Waals surface area contributed by atoms with E-state index in [0.29, 0.717) is 0 Å². The maximum Gasteiger partial charge on any atom is 0.191 e. The molecule has 0 aliphatic heterocycles. The third kappa shape index (κ3) is 10.4. The SMILES string of the molecule is C=CCNC(=NCCCCCC)NCCc1ccco1.I. The van der Waals surface area contributed by atoms with Gasteiger partial charge in [-0.05, 0) is 18.6 Å². The Labute approximate surface area is 145 Å². The second kappa shape index (κ2) is 14.0. The average molecular weight is 405 g/mol. The summed E-state index contributed by atoms with van der Waals surface area (Å²) in [4.78, 5) is 4.57. The van der Waals surface area contributed by atoms with Crippen molar-refractivity contribution in [1.82, 2.24) is 10.6 Å². The molecule has 1 aromatic heterocycles. The fourth-order valence-electron chi connectivity index (χ4n) is 1.83. The molecule has 0 aliphatic rings. The number of hydrogen-bond acceptors (Lipinski definition) is 2. The number of aliphatic imine (C=N–C) groups is 1. The average Bonchev–Trinajstić information content (AvgIpc) is 2.97. The van der Waals surface area contributed by atoms with E-state index in [1.54, 1.807) is 6.26 Å². The Morgan fingerprint density at radius 3 is 2.86 bits per heavy atom. The lowest BCUT2D eigenvalue weighted by Gasteiger charge is -2.10. The van der Waals surface area contributed by atoms with Crippen molar-refractivity contribution in [1.29, 1.82) is 0 Å². The highest BCUT2D eigenvalue weighted by Crippen LogP contribution is 2.00. The number of rotatable bonds is 10. The smallest absolute Gasteiger partial charge is 0.191 e. The Balaban J connectivity index is 0.00000400. The van der Waals surface area contributed by atoms with Gasteiger partial charge in [0.05, 0.1) is 6.26 Å². The maximum atomic E-state index is 5.31. The van der Waals surface area contributed by atoms with Crippen molar-refractivity contribution in [2.75, 3.05) is 19.6 Å². The van der Waals surface area contributed by atoms with Crippen LogP contribution >= 0.6 is 24.0 Å². The van der Waals surface area contributed by atoms with Crippen LogP contribution in [0.4, 0.5) is 0 Å². The van der Waals surface area contributed by atoms with Gasteiger partial charge in [0.2, 0.25) is 0 Å². The van der Waals surface area contributed by atoms with Crippen molar-refractivity contribution >= 4 is 29.9 Å². The predicted molar refractivity (Wildman–Crippen MR) is 100 cm³/mol. The summed E-state index contributed by atoms with van der Waals surface area (Å²) in [5.74, 6) is 1.84. The van der Waals surface area contributed by atoms with Gasteiger partial charge in [0.1, 0.15) is 5.76 Å². The minimum Gasteiger partial charge on any atom is -0.469 e.